The van der Waals surface area contributed by atoms with Crippen molar-refractivity contribution in [2.24, 2.45) is 0 Å². The summed E-state index contributed by atoms with van der Waals surface area (Å²) in [4.78, 5) is 19.6. The lowest BCUT2D eigenvalue weighted by Crippen LogP contribution is -1.81. The molecule has 4 aromatic heterocycles. The van der Waals surface area contributed by atoms with Crippen LogP contribution in [0.4, 0.5) is 0 Å². The van der Waals surface area contributed by atoms with Crippen molar-refractivity contribution in [3.8, 4) is 0 Å². The average Bonchev–Trinajstić information content (AvgIpc) is 3.70. The van der Waals surface area contributed by atoms with Crippen LogP contribution in [0.25, 0.3) is 11.0 Å². The first-order valence-corrected chi connectivity index (χ1v) is 19.8. The zero-order valence-corrected chi connectivity index (χ0v) is 33.7. The number of nitrogens with one attached hydrogen (secondary N) is 1. The first-order valence-electron chi connectivity index (χ1n) is 19.8. The fraction of sp³-hybridized carbons (Fsp3) is 0.306. The van der Waals surface area contributed by atoms with Crippen molar-refractivity contribution in [3.63, 3.8) is 0 Å². The Bertz CT molecular complexity index is 1700. The van der Waals surface area contributed by atoms with Gasteiger partial charge in [-0.1, -0.05) is 139 Å². The highest BCUT2D eigenvalue weighted by Gasteiger charge is 1.97. The van der Waals surface area contributed by atoms with Gasteiger partial charge in [-0.15, -0.1) is 0 Å². The van der Waals surface area contributed by atoms with E-state index in [0.717, 1.165) is 48.2 Å². The molecule has 5 heteroatoms. The van der Waals surface area contributed by atoms with E-state index in [4.69, 9.17) is 0 Å². The van der Waals surface area contributed by atoms with E-state index in [1.165, 1.54) is 54.4 Å². The van der Waals surface area contributed by atoms with E-state index in [2.05, 4.69) is 133 Å². The Balaban J connectivity index is 0.000000225. The van der Waals surface area contributed by atoms with Crippen molar-refractivity contribution >= 4 is 11.0 Å². The molecule has 54 heavy (non-hydrogen) atoms. The Kier molecular flexibility index (Phi) is 24.9. The molecule has 7 aromatic rings. The van der Waals surface area contributed by atoms with Crippen LogP contribution in [0.2, 0.25) is 0 Å². The number of unbranched alkanes of at least 4 members (excludes halogenated alkanes) is 1. The normalized spacial score (nSPS) is 9.59. The highest BCUT2D eigenvalue weighted by molar-refractivity contribution is 5.74. The molecule has 4 heterocycles. The monoisotopic (exact) mass is 722 g/mol. The van der Waals surface area contributed by atoms with E-state index < -0.39 is 0 Å². The quantitative estimate of drug-likeness (QED) is 0.161. The van der Waals surface area contributed by atoms with Crippen LogP contribution in [0.1, 0.15) is 94.6 Å². The zero-order chi connectivity index (χ0) is 38.9. The van der Waals surface area contributed by atoms with Crippen molar-refractivity contribution in [3.05, 3.63) is 192 Å². The summed E-state index contributed by atoms with van der Waals surface area (Å²) in [5.41, 5.74) is 8.90. The fourth-order valence-electron chi connectivity index (χ4n) is 4.97. The number of benzene rings is 3. The Hall–Kier alpha value is -5.42. The largest absolute Gasteiger partial charge is 0.342 e. The van der Waals surface area contributed by atoms with Crippen molar-refractivity contribution < 1.29 is 0 Å². The number of aromatic amines is 1. The van der Waals surface area contributed by atoms with E-state index >= 15 is 0 Å². The molecule has 0 bridgehead atoms. The SMILES string of the molecule is CCCCc1ccccc1.CCCc1ccccc1.CCc1ccccn1.CCc1cccnc1.CCc1ccncc1.CCc1nc2ccccc2[nH]1. The predicted octanol–water partition coefficient (Wildman–Crippen LogP) is 12.7. The third-order valence-electron chi connectivity index (χ3n) is 8.19. The summed E-state index contributed by atoms with van der Waals surface area (Å²) in [6.45, 7) is 12.9. The number of aromatic nitrogens is 5. The lowest BCUT2D eigenvalue weighted by molar-refractivity contribution is 0.795. The molecule has 0 unspecified atom stereocenters. The number of hydrogen-bond donors (Lipinski definition) is 1. The Morgan fingerprint density at radius 1 is 0.444 bits per heavy atom. The molecule has 3 aromatic carbocycles. The molecular weight excluding hydrogens is 659 g/mol. The summed E-state index contributed by atoms with van der Waals surface area (Å²) < 4.78 is 0. The molecular formula is C49H63N5. The number of imidazole rings is 1. The van der Waals surface area contributed by atoms with E-state index in [0.29, 0.717) is 0 Å². The van der Waals surface area contributed by atoms with Crippen molar-refractivity contribution in [1.82, 2.24) is 24.9 Å². The van der Waals surface area contributed by atoms with Crippen LogP contribution in [0.3, 0.4) is 0 Å². The van der Waals surface area contributed by atoms with Crippen LogP contribution in [0, 0.1) is 0 Å². The fourth-order valence-corrected chi connectivity index (χ4v) is 4.97. The predicted molar refractivity (Wildman–Crippen MR) is 232 cm³/mol. The van der Waals surface area contributed by atoms with Crippen LogP contribution >= 0.6 is 0 Å². The summed E-state index contributed by atoms with van der Waals surface area (Å²) in [5, 5.41) is 0. The second-order valence-corrected chi connectivity index (χ2v) is 12.5. The van der Waals surface area contributed by atoms with Gasteiger partial charge in [0.2, 0.25) is 0 Å². The molecule has 0 amide bonds. The first kappa shape index (κ1) is 44.7. The minimum atomic E-state index is 0.967. The number of aryl methyl sites for hydroxylation is 6. The smallest absolute Gasteiger partial charge is 0.106 e. The van der Waals surface area contributed by atoms with Crippen molar-refractivity contribution in [1.29, 1.82) is 0 Å². The summed E-state index contributed by atoms with van der Waals surface area (Å²) in [6.07, 6.45) is 19.6. The number of rotatable bonds is 9. The summed E-state index contributed by atoms with van der Waals surface area (Å²) >= 11 is 0. The highest BCUT2D eigenvalue weighted by atomic mass is 14.9. The standard InChI is InChI=1S/C10H14.C9H10N2.C9H12.3C7H9N/c1-2-3-7-10-8-5-4-6-9-10;1-2-9-10-7-5-3-4-6-8(7)11-9;1-2-6-9-7-4-3-5-8-9;1-2-7-3-5-8-6-4-7;1-2-7-4-3-5-8-6-7;1-2-7-5-3-4-6-8-7/h4-6,8-9H,2-3,7H2,1H3;3-6H,2H2,1H3,(H,10,11);3-5,7-8H,2,6H2,1H3;3*3-6H,2H2,1H3. The van der Waals surface area contributed by atoms with E-state index in [9.17, 15) is 0 Å². The van der Waals surface area contributed by atoms with Crippen molar-refractivity contribution in [2.45, 2.75) is 99.3 Å². The molecule has 7 rings (SSSR count). The molecule has 0 fully saturated rings. The highest BCUT2D eigenvalue weighted by Crippen LogP contribution is 2.10. The third kappa shape index (κ3) is 20.6. The van der Waals surface area contributed by atoms with Gasteiger partial charge in [0.05, 0.1) is 11.0 Å². The van der Waals surface area contributed by atoms with Gasteiger partial charge in [-0.3, -0.25) is 15.0 Å². The molecule has 0 saturated heterocycles. The lowest BCUT2D eigenvalue weighted by Gasteiger charge is -1.96. The van der Waals surface area contributed by atoms with Gasteiger partial charge < -0.3 is 4.98 Å². The molecule has 284 valence electrons. The molecule has 0 radical (unpaired) electrons. The average molecular weight is 722 g/mol. The number of H-pyrrole nitrogens is 1. The second-order valence-electron chi connectivity index (χ2n) is 12.5. The van der Waals surface area contributed by atoms with Gasteiger partial charge in [0.15, 0.2) is 0 Å². The molecule has 0 saturated carbocycles. The zero-order valence-electron chi connectivity index (χ0n) is 33.7. The second kappa shape index (κ2) is 30.1. The Morgan fingerprint density at radius 3 is 1.52 bits per heavy atom. The molecule has 0 spiro atoms. The van der Waals surface area contributed by atoms with Crippen LogP contribution in [0.5, 0.6) is 0 Å². The minimum absolute atomic E-state index is 0.967. The molecule has 0 aliphatic carbocycles. The number of pyridine rings is 3. The number of hydrogen-bond acceptors (Lipinski definition) is 4. The molecule has 1 N–H and O–H groups in total. The molecule has 5 nitrogen and oxygen atoms in total. The maximum atomic E-state index is 4.38. The summed E-state index contributed by atoms with van der Waals surface area (Å²) in [6, 6.07) is 43.4. The number of fused-ring (bicyclic) bond motifs is 1. The summed E-state index contributed by atoms with van der Waals surface area (Å²) in [5.74, 6) is 1.06. The van der Waals surface area contributed by atoms with Crippen LogP contribution in [-0.2, 0) is 38.5 Å². The third-order valence-corrected chi connectivity index (χ3v) is 8.19. The van der Waals surface area contributed by atoms with Gasteiger partial charge in [-0.05, 0) is 103 Å². The molecule has 0 atom stereocenters. The molecule has 0 aliphatic heterocycles. The summed E-state index contributed by atoms with van der Waals surface area (Å²) in [7, 11) is 0. The van der Waals surface area contributed by atoms with Gasteiger partial charge in [-0.25, -0.2) is 4.98 Å². The van der Waals surface area contributed by atoms with E-state index in [1.807, 2.05) is 85.5 Å². The maximum absolute atomic E-state index is 4.38. The topological polar surface area (TPSA) is 67.3 Å². The maximum Gasteiger partial charge on any atom is 0.106 e. The van der Waals surface area contributed by atoms with Gasteiger partial charge >= 0.3 is 0 Å². The van der Waals surface area contributed by atoms with Gasteiger partial charge in [-0.2, -0.15) is 0 Å². The Labute approximate surface area is 326 Å². The van der Waals surface area contributed by atoms with E-state index in [-0.39, 0.29) is 0 Å². The number of para-hydroxylation sites is 2. The Morgan fingerprint density at radius 2 is 1.06 bits per heavy atom. The van der Waals surface area contributed by atoms with Crippen molar-refractivity contribution in [2.75, 3.05) is 0 Å². The van der Waals surface area contributed by atoms with Gasteiger partial charge in [0, 0.05) is 43.1 Å². The minimum Gasteiger partial charge on any atom is -0.342 e. The van der Waals surface area contributed by atoms with Crippen LogP contribution in [0.15, 0.2) is 158 Å². The van der Waals surface area contributed by atoms with E-state index in [1.54, 1.807) is 6.20 Å². The van der Waals surface area contributed by atoms with Gasteiger partial charge in [0.25, 0.3) is 0 Å². The van der Waals surface area contributed by atoms with Crippen LogP contribution in [-0.4, -0.2) is 24.9 Å². The lowest BCUT2D eigenvalue weighted by atomic mass is 10.1. The van der Waals surface area contributed by atoms with Gasteiger partial charge in [0.1, 0.15) is 5.82 Å². The van der Waals surface area contributed by atoms with Crippen LogP contribution < -0.4 is 0 Å². The first-order chi connectivity index (χ1) is 26.6. The molecule has 0 aliphatic rings. The number of nitrogens with zero attached hydrogens (tertiary/aromatic N) is 4.